The summed E-state index contributed by atoms with van der Waals surface area (Å²) in [7, 11) is 0. The summed E-state index contributed by atoms with van der Waals surface area (Å²) >= 11 is 0. The molecule has 0 aliphatic carbocycles. The van der Waals surface area contributed by atoms with E-state index < -0.39 is 0 Å². The van der Waals surface area contributed by atoms with Crippen LogP contribution in [0.3, 0.4) is 0 Å². The van der Waals surface area contributed by atoms with Crippen LogP contribution in [-0.2, 0) is 16.6 Å². The molecule has 0 aromatic heterocycles. The van der Waals surface area contributed by atoms with E-state index in [4.69, 9.17) is 0 Å². The molecule has 0 aliphatic rings. The van der Waals surface area contributed by atoms with Crippen molar-refractivity contribution in [1.82, 2.24) is 0 Å². The van der Waals surface area contributed by atoms with Crippen LogP contribution in [0.2, 0.25) is 0 Å². The lowest BCUT2D eigenvalue weighted by Crippen LogP contribution is -2.24. The molecule has 0 saturated heterocycles. The molecule has 0 N–H and O–H groups in total. The van der Waals surface area contributed by atoms with E-state index in [9.17, 15) is 4.79 Å². The van der Waals surface area contributed by atoms with Crippen LogP contribution in [0.5, 0.6) is 0 Å². The Kier molecular flexibility index (Phi) is 3.81. The van der Waals surface area contributed by atoms with Crippen molar-refractivity contribution in [2.75, 3.05) is 0 Å². The van der Waals surface area contributed by atoms with Gasteiger partial charge in [-0.2, -0.15) is 0 Å². The Bertz CT molecular complexity index is 402. The number of carbonyl (C=O) groups is 1. The molecule has 0 spiro atoms. The average molecular weight is 232 g/mol. The van der Waals surface area contributed by atoms with Gasteiger partial charge < -0.3 is 0 Å². The summed E-state index contributed by atoms with van der Waals surface area (Å²) < 4.78 is 0. The Morgan fingerprint density at radius 3 is 2.00 bits per heavy atom. The number of hydrogen-bond donors (Lipinski definition) is 0. The average Bonchev–Trinajstić information content (AvgIpc) is 2.15. The van der Waals surface area contributed by atoms with Crippen molar-refractivity contribution in [3.05, 3.63) is 35.4 Å². The molecule has 17 heavy (non-hydrogen) atoms. The van der Waals surface area contributed by atoms with Crippen LogP contribution in [0.4, 0.5) is 0 Å². The fourth-order valence-corrected chi connectivity index (χ4v) is 1.84. The lowest BCUT2D eigenvalue weighted by Gasteiger charge is -2.24. The third-order valence-corrected chi connectivity index (χ3v) is 3.01. The molecule has 0 unspecified atom stereocenters. The Morgan fingerprint density at radius 2 is 1.53 bits per heavy atom. The van der Waals surface area contributed by atoms with Crippen molar-refractivity contribution in [2.24, 2.45) is 5.41 Å². The molecule has 1 rings (SSSR count). The number of rotatable bonds is 2. The molecule has 1 aromatic carbocycles. The van der Waals surface area contributed by atoms with Crippen LogP contribution in [0.25, 0.3) is 0 Å². The fourth-order valence-electron chi connectivity index (χ4n) is 1.84. The fraction of sp³-hybridized carbons (Fsp3) is 0.562. The van der Waals surface area contributed by atoms with Gasteiger partial charge in [0.25, 0.3) is 0 Å². The second-order valence-electron chi connectivity index (χ2n) is 6.76. The minimum Gasteiger partial charge on any atom is -0.299 e. The zero-order valence-electron chi connectivity index (χ0n) is 11.9. The van der Waals surface area contributed by atoms with Gasteiger partial charge in [0.15, 0.2) is 0 Å². The van der Waals surface area contributed by atoms with Gasteiger partial charge in [-0.05, 0) is 16.5 Å². The highest BCUT2D eigenvalue weighted by atomic mass is 16.1. The summed E-state index contributed by atoms with van der Waals surface area (Å²) in [6, 6.07) is 8.27. The normalized spacial score (nSPS) is 12.6. The molecular weight excluding hydrogens is 208 g/mol. The molecule has 1 aromatic rings. The highest BCUT2D eigenvalue weighted by Crippen LogP contribution is 2.27. The zero-order chi connectivity index (χ0) is 13.3. The largest absolute Gasteiger partial charge is 0.299 e. The molecule has 0 radical (unpaired) electrons. The van der Waals surface area contributed by atoms with Gasteiger partial charge in [0.2, 0.25) is 0 Å². The lowest BCUT2D eigenvalue weighted by molar-refractivity contribution is -0.125. The number of benzene rings is 1. The Morgan fingerprint density at radius 1 is 1.00 bits per heavy atom. The van der Waals surface area contributed by atoms with Crippen LogP contribution in [0, 0.1) is 5.41 Å². The summed E-state index contributed by atoms with van der Waals surface area (Å²) in [5.41, 5.74) is 2.28. The van der Waals surface area contributed by atoms with Crippen molar-refractivity contribution < 1.29 is 4.79 Å². The molecular formula is C16H24O. The number of Topliss-reactive ketones (excluding diaryl/α,β-unsaturated/α-hetero) is 1. The third-order valence-electron chi connectivity index (χ3n) is 3.01. The standard InChI is InChI=1S/C16H24O/c1-15(2,3)13-10-8-7-9-12(13)11-14(17)16(4,5)6/h7-10H,11H2,1-6H3. The topological polar surface area (TPSA) is 17.1 Å². The van der Waals surface area contributed by atoms with E-state index in [2.05, 4.69) is 32.9 Å². The molecule has 94 valence electrons. The van der Waals surface area contributed by atoms with E-state index in [0.717, 1.165) is 0 Å². The third kappa shape index (κ3) is 3.69. The number of hydrogen-bond acceptors (Lipinski definition) is 1. The highest BCUT2D eigenvalue weighted by molar-refractivity contribution is 5.86. The van der Waals surface area contributed by atoms with E-state index in [1.54, 1.807) is 0 Å². The van der Waals surface area contributed by atoms with Crippen molar-refractivity contribution in [1.29, 1.82) is 0 Å². The molecule has 0 heterocycles. The van der Waals surface area contributed by atoms with Gasteiger partial charge >= 0.3 is 0 Å². The van der Waals surface area contributed by atoms with Crippen LogP contribution in [0.1, 0.15) is 52.7 Å². The second kappa shape index (κ2) is 4.64. The lowest BCUT2D eigenvalue weighted by atomic mass is 9.80. The van der Waals surface area contributed by atoms with Gasteiger partial charge in [-0.1, -0.05) is 65.8 Å². The maximum Gasteiger partial charge on any atom is 0.142 e. The van der Waals surface area contributed by atoms with Gasteiger partial charge in [-0.15, -0.1) is 0 Å². The quantitative estimate of drug-likeness (QED) is 0.749. The Labute approximate surface area is 105 Å². The van der Waals surface area contributed by atoms with Gasteiger partial charge in [-0.25, -0.2) is 0 Å². The van der Waals surface area contributed by atoms with Crippen LogP contribution in [0.15, 0.2) is 24.3 Å². The summed E-state index contributed by atoms with van der Waals surface area (Å²) in [5, 5.41) is 0. The van der Waals surface area contributed by atoms with Crippen molar-refractivity contribution >= 4 is 5.78 Å². The minimum absolute atomic E-state index is 0.0920. The maximum absolute atomic E-state index is 12.1. The molecule has 0 bridgehead atoms. The van der Waals surface area contributed by atoms with Gasteiger partial charge in [0.05, 0.1) is 0 Å². The van der Waals surface area contributed by atoms with Gasteiger partial charge in [-0.3, -0.25) is 4.79 Å². The van der Waals surface area contributed by atoms with Crippen LogP contribution >= 0.6 is 0 Å². The van der Waals surface area contributed by atoms with E-state index in [0.29, 0.717) is 12.2 Å². The number of ketones is 1. The predicted octanol–water partition coefficient (Wildman–Crippen LogP) is 4.14. The molecule has 1 heteroatoms. The molecule has 0 saturated carbocycles. The smallest absolute Gasteiger partial charge is 0.142 e. The van der Waals surface area contributed by atoms with Crippen molar-refractivity contribution in [2.45, 2.75) is 53.4 Å². The molecule has 1 nitrogen and oxygen atoms in total. The molecule has 0 fully saturated rings. The first-order valence-electron chi connectivity index (χ1n) is 6.24. The van der Waals surface area contributed by atoms with E-state index in [1.165, 1.54) is 11.1 Å². The summed E-state index contributed by atoms with van der Waals surface area (Å²) in [6.45, 7) is 12.5. The zero-order valence-corrected chi connectivity index (χ0v) is 11.9. The molecule has 0 aliphatic heterocycles. The SMILES string of the molecule is CC(C)(C)C(=O)Cc1ccccc1C(C)(C)C. The highest BCUT2D eigenvalue weighted by Gasteiger charge is 2.24. The minimum atomic E-state index is -0.259. The monoisotopic (exact) mass is 232 g/mol. The Balaban J connectivity index is 3.04. The van der Waals surface area contributed by atoms with E-state index in [1.807, 2.05) is 32.9 Å². The first-order chi connectivity index (χ1) is 7.62. The summed E-state index contributed by atoms with van der Waals surface area (Å²) in [4.78, 5) is 12.1. The predicted molar refractivity (Wildman–Crippen MR) is 73.3 cm³/mol. The van der Waals surface area contributed by atoms with Gasteiger partial charge in [0.1, 0.15) is 5.78 Å². The van der Waals surface area contributed by atoms with Gasteiger partial charge in [0, 0.05) is 11.8 Å². The van der Waals surface area contributed by atoms with Crippen molar-refractivity contribution in [3.63, 3.8) is 0 Å². The second-order valence-corrected chi connectivity index (χ2v) is 6.76. The van der Waals surface area contributed by atoms with Crippen LogP contribution in [-0.4, -0.2) is 5.78 Å². The maximum atomic E-state index is 12.1. The molecule has 0 amide bonds. The first kappa shape index (κ1) is 14.0. The van der Waals surface area contributed by atoms with E-state index in [-0.39, 0.29) is 10.8 Å². The van der Waals surface area contributed by atoms with Crippen LogP contribution < -0.4 is 0 Å². The first-order valence-corrected chi connectivity index (χ1v) is 6.24. The summed E-state index contributed by atoms with van der Waals surface area (Å²) in [6.07, 6.45) is 0.539. The number of carbonyl (C=O) groups excluding carboxylic acids is 1. The van der Waals surface area contributed by atoms with E-state index >= 15 is 0 Å². The Hall–Kier alpha value is -1.11. The summed E-state index contributed by atoms with van der Waals surface area (Å²) in [5.74, 6) is 0.300. The molecule has 0 atom stereocenters. The van der Waals surface area contributed by atoms with Crippen molar-refractivity contribution in [3.8, 4) is 0 Å².